The average Bonchev–Trinajstić information content (AvgIpc) is 3.07. The molecule has 0 bridgehead atoms. The highest BCUT2D eigenvalue weighted by molar-refractivity contribution is 6.33. The van der Waals surface area contributed by atoms with Crippen LogP contribution >= 0.6 is 11.6 Å². The number of pyridine rings is 1. The minimum atomic E-state index is -0.398. The number of hydrogen-bond acceptors (Lipinski definition) is 4. The van der Waals surface area contributed by atoms with Crippen LogP contribution in [-0.4, -0.2) is 46.7 Å². The normalized spacial score (nSPS) is 14.6. The van der Waals surface area contributed by atoms with Crippen LogP contribution in [0.4, 0.5) is 15.9 Å². The van der Waals surface area contributed by atoms with Crippen molar-refractivity contribution in [3.8, 4) is 0 Å². The topological polar surface area (TPSA) is 59.4 Å². The van der Waals surface area contributed by atoms with E-state index in [0.29, 0.717) is 48.4 Å². The number of ether oxygens (including phenoxy) is 1. The number of nitrogens with zero attached hydrogens (tertiary/aromatic N) is 3. The second-order valence-corrected chi connectivity index (χ2v) is 6.77. The van der Waals surface area contributed by atoms with Gasteiger partial charge in [-0.2, -0.15) is 0 Å². The monoisotopic (exact) mass is 388 g/mol. The van der Waals surface area contributed by atoms with Gasteiger partial charge in [-0.1, -0.05) is 11.6 Å². The first kappa shape index (κ1) is 17.8. The molecule has 0 saturated carbocycles. The van der Waals surface area contributed by atoms with Gasteiger partial charge in [0.2, 0.25) is 0 Å². The number of fused-ring (bicyclic) bond motifs is 1. The summed E-state index contributed by atoms with van der Waals surface area (Å²) in [6.07, 6.45) is 3.41. The summed E-state index contributed by atoms with van der Waals surface area (Å²) in [5.74, 6) is 0.0369. The second-order valence-electron chi connectivity index (χ2n) is 6.36. The summed E-state index contributed by atoms with van der Waals surface area (Å²) in [4.78, 5) is 19.1. The maximum atomic E-state index is 13.6. The van der Waals surface area contributed by atoms with Crippen molar-refractivity contribution in [2.75, 3.05) is 31.6 Å². The van der Waals surface area contributed by atoms with E-state index in [-0.39, 0.29) is 5.91 Å². The van der Waals surface area contributed by atoms with E-state index in [1.54, 1.807) is 11.1 Å². The van der Waals surface area contributed by atoms with Gasteiger partial charge in [0.15, 0.2) is 0 Å². The number of amides is 1. The van der Waals surface area contributed by atoms with Gasteiger partial charge in [0.1, 0.15) is 11.6 Å². The molecule has 3 aromatic rings. The average molecular weight is 389 g/mol. The number of carbonyl (C=O) groups excluding carboxylic acids is 1. The van der Waals surface area contributed by atoms with Gasteiger partial charge >= 0.3 is 0 Å². The van der Waals surface area contributed by atoms with Gasteiger partial charge in [0.25, 0.3) is 5.91 Å². The van der Waals surface area contributed by atoms with Gasteiger partial charge < -0.3 is 19.5 Å². The molecule has 0 radical (unpaired) electrons. The number of nitrogens with one attached hydrogen (secondary N) is 1. The van der Waals surface area contributed by atoms with E-state index in [1.165, 1.54) is 18.2 Å². The molecule has 1 aliphatic rings. The third-order valence-electron chi connectivity index (χ3n) is 4.62. The lowest BCUT2D eigenvalue weighted by molar-refractivity contribution is 0.0303. The lowest BCUT2D eigenvalue weighted by Gasteiger charge is -2.27. The Hall–Kier alpha value is -2.64. The Kier molecular flexibility index (Phi) is 4.72. The van der Waals surface area contributed by atoms with Crippen LogP contribution in [0, 0.1) is 5.82 Å². The highest BCUT2D eigenvalue weighted by Crippen LogP contribution is 2.31. The van der Waals surface area contributed by atoms with Gasteiger partial charge in [-0.05, 0) is 24.3 Å². The summed E-state index contributed by atoms with van der Waals surface area (Å²) in [6.45, 7) is 2.19. The van der Waals surface area contributed by atoms with E-state index >= 15 is 0 Å². The molecule has 0 unspecified atom stereocenters. The number of aromatic nitrogens is 2. The number of benzene rings is 1. The Labute approximate surface area is 160 Å². The first-order chi connectivity index (χ1) is 13.0. The quantitative estimate of drug-likeness (QED) is 0.745. The zero-order valence-corrected chi connectivity index (χ0v) is 15.5. The fraction of sp³-hybridized carbons (Fsp3) is 0.263. The minimum Gasteiger partial charge on any atom is -0.378 e. The summed E-state index contributed by atoms with van der Waals surface area (Å²) in [5.41, 5.74) is 1.70. The van der Waals surface area contributed by atoms with Crippen molar-refractivity contribution in [3.05, 3.63) is 53.1 Å². The third-order valence-corrected chi connectivity index (χ3v) is 4.95. The Morgan fingerprint density at radius 3 is 2.85 bits per heavy atom. The maximum Gasteiger partial charge on any atom is 0.257 e. The van der Waals surface area contributed by atoms with Crippen LogP contribution in [-0.2, 0) is 11.8 Å². The number of anilines is 2. The molecule has 3 heterocycles. The van der Waals surface area contributed by atoms with Gasteiger partial charge in [-0.15, -0.1) is 0 Å². The summed E-state index contributed by atoms with van der Waals surface area (Å²) in [7, 11) is 1.87. The third kappa shape index (κ3) is 3.36. The van der Waals surface area contributed by atoms with Gasteiger partial charge in [-0.25, -0.2) is 9.37 Å². The van der Waals surface area contributed by atoms with Gasteiger partial charge in [0.05, 0.1) is 35.0 Å². The Morgan fingerprint density at radius 1 is 1.30 bits per heavy atom. The van der Waals surface area contributed by atoms with Crippen molar-refractivity contribution < 1.29 is 13.9 Å². The summed E-state index contributed by atoms with van der Waals surface area (Å²) in [5, 5.41) is 4.22. The maximum absolute atomic E-state index is 13.6. The first-order valence-electron chi connectivity index (χ1n) is 8.58. The van der Waals surface area contributed by atoms with Crippen LogP contribution in [0.5, 0.6) is 0 Å². The zero-order valence-electron chi connectivity index (χ0n) is 14.7. The second kappa shape index (κ2) is 7.17. The molecule has 4 rings (SSSR count). The van der Waals surface area contributed by atoms with Crippen molar-refractivity contribution in [3.63, 3.8) is 0 Å². The smallest absolute Gasteiger partial charge is 0.257 e. The summed E-state index contributed by atoms with van der Waals surface area (Å²) < 4.78 is 20.8. The van der Waals surface area contributed by atoms with Crippen molar-refractivity contribution in [2.24, 2.45) is 7.05 Å². The molecule has 140 valence electrons. The molecule has 0 aliphatic carbocycles. The molecule has 27 heavy (non-hydrogen) atoms. The largest absolute Gasteiger partial charge is 0.378 e. The van der Waals surface area contributed by atoms with Crippen molar-refractivity contribution in [2.45, 2.75) is 0 Å². The molecule has 0 atom stereocenters. The Balaban J connectivity index is 1.74. The van der Waals surface area contributed by atoms with E-state index in [0.717, 1.165) is 10.9 Å². The molecular weight excluding hydrogens is 371 g/mol. The number of aryl methyl sites for hydroxylation is 1. The van der Waals surface area contributed by atoms with E-state index in [4.69, 9.17) is 16.3 Å². The molecule has 8 heteroatoms. The Morgan fingerprint density at radius 2 is 2.07 bits per heavy atom. The number of morpholine rings is 1. The number of halogens is 2. The summed E-state index contributed by atoms with van der Waals surface area (Å²) >= 11 is 6.15. The van der Waals surface area contributed by atoms with Crippen LogP contribution in [0.15, 0.2) is 36.7 Å². The van der Waals surface area contributed by atoms with E-state index in [2.05, 4.69) is 10.3 Å². The first-order valence-corrected chi connectivity index (χ1v) is 8.95. The van der Waals surface area contributed by atoms with Crippen LogP contribution in [0.2, 0.25) is 5.02 Å². The van der Waals surface area contributed by atoms with Crippen molar-refractivity contribution in [1.82, 2.24) is 14.5 Å². The number of carbonyl (C=O) groups is 1. The molecule has 6 nitrogen and oxygen atoms in total. The van der Waals surface area contributed by atoms with Crippen LogP contribution in [0.25, 0.3) is 10.9 Å². The molecule has 1 fully saturated rings. The standard InChI is InChI=1S/C19H18ClFN4O2/c1-24-5-4-13-17(24)14(19(26)25-6-8-27-9-7-25)11-22-18(13)23-16-10-12(21)2-3-15(16)20/h2-5,10-11H,6-9H2,1H3,(H,22,23). The molecule has 1 N–H and O–H groups in total. The van der Waals surface area contributed by atoms with E-state index < -0.39 is 5.82 Å². The van der Waals surface area contributed by atoms with Crippen molar-refractivity contribution in [1.29, 1.82) is 0 Å². The molecule has 1 aliphatic heterocycles. The molecule has 1 amide bonds. The fourth-order valence-electron chi connectivity index (χ4n) is 3.23. The lowest BCUT2D eigenvalue weighted by Crippen LogP contribution is -2.40. The number of rotatable bonds is 3. The van der Waals surface area contributed by atoms with Crippen LogP contribution in [0.3, 0.4) is 0 Å². The predicted molar refractivity (Wildman–Crippen MR) is 102 cm³/mol. The van der Waals surface area contributed by atoms with Gasteiger partial charge in [0, 0.05) is 37.9 Å². The fourth-order valence-corrected chi connectivity index (χ4v) is 3.39. The minimum absolute atomic E-state index is 0.0760. The van der Waals surface area contributed by atoms with E-state index in [1.807, 2.05) is 23.9 Å². The van der Waals surface area contributed by atoms with Crippen LogP contribution < -0.4 is 5.32 Å². The highest BCUT2D eigenvalue weighted by Gasteiger charge is 2.23. The zero-order chi connectivity index (χ0) is 19.0. The predicted octanol–water partition coefficient (Wildman–Crippen LogP) is 3.58. The van der Waals surface area contributed by atoms with Crippen LogP contribution in [0.1, 0.15) is 10.4 Å². The summed E-state index contributed by atoms with van der Waals surface area (Å²) in [6, 6.07) is 5.96. The SMILES string of the molecule is Cn1ccc2c(Nc3cc(F)ccc3Cl)ncc(C(=O)N3CCOCC3)c21. The highest BCUT2D eigenvalue weighted by atomic mass is 35.5. The number of hydrogen-bond donors (Lipinski definition) is 1. The van der Waals surface area contributed by atoms with Crippen molar-refractivity contribution >= 4 is 39.9 Å². The molecule has 1 saturated heterocycles. The lowest BCUT2D eigenvalue weighted by atomic mass is 10.1. The van der Waals surface area contributed by atoms with E-state index in [9.17, 15) is 9.18 Å². The molecule has 0 spiro atoms. The molecule has 1 aromatic carbocycles. The molecule has 2 aromatic heterocycles. The van der Waals surface area contributed by atoms with Gasteiger partial charge in [-0.3, -0.25) is 4.79 Å². The Bertz CT molecular complexity index is 1010. The molecular formula is C19H18ClFN4O2.